The van der Waals surface area contributed by atoms with E-state index >= 15 is 0 Å². The maximum atomic E-state index is 8.07. The van der Waals surface area contributed by atoms with Gasteiger partial charge in [0.1, 0.15) is 0 Å². The van der Waals surface area contributed by atoms with Crippen molar-refractivity contribution < 1.29 is 31.3 Å². The van der Waals surface area contributed by atoms with E-state index in [9.17, 15) is 0 Å². The molecule has 2 heteroatoms. The van der Waals surface area contributed by atoms with Crippen LogP contribution in [0.4, 0.5) is 0 Å². The van der Waals surface area contributed by atoms with Crippen LogP contribution < -0.4 is 0 Å². The van der Waals surface area contributed by atoms with E-state index in [-0.39, 0.29) is 26.2 Å². The molecule has 0 heterocycles. The van der Waals surface area contributed by atoms with Gasteiger partial charge in [-0.1, -0.05) is 13.3 Å². The van der Waals surface area contributed by atoms with Crippen LogP contribution in [0.5, 0.6) is 0 Å². The predicted molar refractivity (Wildman–Crippen MR) is 66.1 cm³/mol. The van der Waals surface area contributed by atoms with Gasteiger partial charge in [0.25, 0.3) is 0 Å². The van der Waals surface area contributed by atoms with Gasteiger partial charge in [-0.25, -0.2) is 24.3 Å². The third-order valence-corrected chi connectivity index (χ3v) is 1.62. The first-order chi connectivity index (χ1) is 7.41. The Morgan fingerprint density at radius 3 is 1.31 bits per heavy atom. The largest absolute Gasteiger partial charge is 2.00 e. The van der Waals surface area contributed by atoms with E-state index < -0.39 is 0 Å². The molecule has 0 saturated carbocycles. The summed E-state index contributed by atoms with van der Waals surface area (Å²) in [6.45, 7) is 2.40. The molecule has 0 atom stereocenters. The Labute approximate surface area is 118 Å². The van der Waals surface area contributed by atoms with E-state index in [4.69, 9.17) is 5.11 Å². The number of unbranched alkanes of at least 4 members (excludes halogenated alkanes) is 1. The van der Waals surface area contributed by atoms with Crippen LogP contribution in [0.2, 0.25) is 0 Å². The molecular formula is C14H20OZr. The Morgan fingerprint density at radius 1 is 0.875 bits per heavy atom. The van der Waals surface area contributed by atoms with Gasteiger partial charge >= 0.3 is 26.2 Å². The number of aliphatic hydroxyl groups is 1. The van der Waals surface area contributed by atoms with Crippen molar-refractivity contribution in [3.63, 3.8) is 0 Å². The van der Waals surface area contributed by atoms with E-state index in [0.717, 1.165) is 12.8 Å². The standard InChI is InChI=1S/2C5H5.C4H10O.Zr/c2*1-2-4-5-3-1;1-2-3-4-5;/h2*1-5H;5H,2-4H2,1H3;/q2*-1;;+2. The van der Waals surface area contributed by atoms with Crippen molar-refractivity contribution in [1.29, 1.82) is 0 Å². The average Bonchev–Trinajstić information content (AvgIpc) is 2.99. The van der Waals surface area contributed by atoms with Crippen molar-refractivity contribution in [2.24, 2.45) is 0 Å². The first-order valence-electron chi connectivity index (χ1n) is 5.36. The summed E-state index contributed by atoms with van der Waals surface area (Å²) >= 11 is 0. The van der Waals surface area contributed by atoms with Gasteiger partial charge in [-0.15, -0.1) is 0 Å². The summed E-state index contributed by atoms with van der Waals surface area (Å²) < 4.78 is 0. The molecule has 2 aromatic rings. The molecule has 1 N–H and O–H groups in total. The maximum Gasteiger partial charge on any atom is 2.00 e. The zero-order valence-corrected chi connectivity index (χ0v) is 12.3. The van der Waals surface area contributed by atoms with Crippen LogP contribution in [0.3, 0.4) is 0 Å². The van der Waals surface area contributed by atoms with Gasteiger partial charge in [0.15, 0.2) is 0 Å². The molecule has 0 aromatic heterocycles. The van der Waals surface area contributed by atoms with Gasteiger partial charge in [-0.05, 0) is 6.42 Å². The Kier molecular flexibility index (Phi) is 19.0. The molecule has 0 spiro atoms. The molecule has 0 fully saturated rings. The zero-order valence-electron chi connectivity index (χ0n) is 9.84. The summed E-state index contributed by atoms with van der Waals surface area (Å²) in [6, 6.07) is 20.0. The summed E-state index contributed by atoms with van der Waals surface area (Å²) in [5.41, 5.74) is 0. The van der Waals surface area contributed by atoms with Crippen molar-refractivity contribution in [1.82, 2.24) is 0 Å². The fourth-order valence-corrected chi connectivity index (χ4v) is 0.800. The second kappa shape index (κ2) is 17.0. The van der Waals surface area contributed by atoms with Gasteiger partial charge in [0.05, 0.1) is 0 Å². The molecule has 0 radical (unpaired) electrons. The van der Waals surface area contributed by atoms with E-state index in [1.807, 2.05) is 60.7 Å². The Bertz CT molecular complexity index is 185. The smallest absolute Gasteiger partial charge is 0.396 e. The molecule has 0 aliphatic rings. The summed E-state index contributed by atoms with van der Waals surface area (Å²) in [6.07, 6.45) is 2.04. The molecule has 1 nitrogen and oxygen atoms in total. The number of aliphatic hydroxyl groups excluding tert-OH is 1. The van der Waals surface area contributed by atoms with Crippen LogP contribution >= 0.6 is 0 Å². The van der Waals surface area contributed by atoms with Crippen molar-refractivity contribution >= 4 is 0 Å². The van der Waals surface area contributed by atoms with Crippen LogP contribution in [-0.4, -0.2) is 11.7 Å². The zero-order chi connectivity index (χ0) is 11.2. The average molecular weight is 296 g/mol. The van der Waals surface area contributed by atoms with Gasteiger partial charge < -0.3 is 5.11 Å². The normalized spacial score (nSPS) is 7.62. The first kappa shape index (κ1) is 17.9. The Balaban J connectivity index is 0. The molecule has 86 valence electrons. The monoisotopic (exact) mass is 294 g/mol. The van der Waals surface area contributed by atoms with E-state index in [1.165, 1.54) is 0 Å². The molecule has 0 bridgehead atoms. The topological polar surface area (TPSA) is 20.2 Å². The SMILES string of the molecule is CCCCO.[Zr+2].c1cc[cH-]c1.c1cc[cH-]c1. The number of rotatable bonds is 2. The van der Waals surface area contributed by atoms with Crippen LogP contribution in [0, 0.1) is 0 Å². The van der Waals surface area contributed by atoms with E-state index in [0.29, 0.717) is 6.61 Å². The quantitative estimate of drug-likeness (QED) is 0.840. The van der Waals surface area contributed by atoms with Gasteiger partial charge in [-0.3, -0.25) is 0 Å². The summed E-state index contributed by atoms with van der Waals surface area (Å²) in [4.78, 5) is 0. The molecule has 0 aliphatic carbocycles. The van der Waals surface area contributed by atoms with Crippen LogP contribution in [-0.2, 0) is 26.2 Å². The third kappa shape index (κ3) is 16.0. The summed E-state index contributed by atoms with van der Waals surface area (Å²) in [5.74, 6) is 0. The van der Waals surface area contributed by atoms with Gasteiger partial charge in [0.2, 0.25) is 0 Å². The second-order valence-electron chi connectivity index (χ2n) is 3.00. The Morgan fingerprint density at radius 2 is 1.25 bits per heavy atom. The van der Waals surface area contributed by atoms with Crippen LogP contribution in [0.1, 0.15) is 19.8 Å². The third-order valence-electron chi connectivity index (χ3n) is 1.62. The molecular weight excluding hydrogens is 275 g/mol. The van der Waals surface area contributed by atoms with E-state index in [1.54, 1.807) is 0 Å². The Hall–Kier alpha value is -0.457. The van der Waals surface area contributed by atoms with Gasteiger partial charge in [0, 0.05) is 6.61 Å². The van der Waals surface area contributed by atoms with Crippen molar-refractivity contribution in [2.45, 2.75) is 19.8 Å². The first-order valence-corrected chi connectivity index (χ1v) is 5.36. The molecule has 2 rings (SSSR count). The molecule has 0 amide bonds. The minimum Gasteiger partial charge on any atom is -0.396 e. The fraction of sp³-hybridized carbons (Fsp3) is 0.286. The second-order valence-corrected chi connectivity index (χ2v) is 3.00. The minimum absolute atomic E-state index is 0. The summed E-state index contributed by atoms with van der Waals surface area (Å²) in [5, 5.41) is 8.07. The minimum atomic E-state index is 0. The molecule has 0 unspecified atom stereocenters. The predicted octanol–water partition coefficient (Wildman–Crippen LogP) is 3.59. The number of hydrogen-bond acceptors (Lipinski definition) is 1. The van der Waals surface area contributed by atoms with Crippen molar-refractivity contribution in [3.05, 3.63) is 60.7 Å². The molecule has 0 saturated heterocycles. The molecule has 2 aromatic carbocycles. The van der Waals surface area contributed by atoms with Gasteiger partial charge in [-0.2, -0.15) is 36.4 Å². The number of hydrogen-bond donors (Lipinski definition) is 1. The maximum absolute atomic E-state index is 8.07. The van der Waals surface area contributed by atoms with E-state index in [2.05, 4.69) is 6.92 Å². The van der Waals surface area contributed by atoms with Crippen LogP contribution in [0.15, 0.2) is 60.7 Å². The fourth-order valence-electron chi connectivity index (χ4n) is 0.800. The van der Waals surface area contributed by atoms with Crippen molar-refractivity contribution in [2.75, 3.05) is 6.61 Å². The molecule has 0 aliphatic heterocycles. The molecule has 16 heavy (non-hydrogen) atoms. The van der Waals surface area contributed by atoms with Crippen molar-refractivity contribution in [3.8, 4) is 0 Å². The van der Waals surface area contributed by atoms with Crippen LogP contribution in [0.25, 0.3) is 0 Å². The summed E-state index contributed by atoms with van der Waals surface area (Å²) in [7, 11) is 0.